The summed E-state index contributed by atoms with van der Waals surface area (Å²) in [5.74, 6) is 0.0398. The number of benzene rings is 2. The highest BCUT2D eigenvalue weighted by Gasteiger charge is 2.22. The highest BCUT2D eigenvalue weighted by molar-refractivity contribution is 7.18. The van der Waals surface area contributed by atoms with E-state index in [0.29, 0.717) is 13.1 Å². The highest BCUT2D eigenvalue weighted by atomic mass is 32.1. The SMILES string of the molecule is CC(=O)N1CCc2cc(NC(=O)NCc3nc4ccccc4s3)ccc21. The number of nitrogens with one attached hydrogen (secondary N) is 2. The van der Waals surface area contributed by atoms with Gasteiger partial charge in [0.15, 0.2) is 0 Å². The number of carbonyl (C=O) groups excluding carboxylic acids is 2. The van der Waals surface area contributed by atoms with Gasteiger partial charge in [0.1, 0.15) is 5.01 Å². The molecule has 2 N–H and O–H groups in total. The molecule has 7 heteroatoms. The van der Waals surface area contributed by atoms with Gasteiger partial charge in [0.25, 0.3) is 0 Å². The monoisotopic (exact) mass is 366 g/mol. The highest BCUT2D eigenvalue weighted by Crippen LogP contribution is 2.30. The van der Waals surface area contributed by atoms with E-state index >= 15 is 0 Å². The van der Waals surface area contributed by atoms with E-state index in [-0.39, 0.29) is 11.9 Å². The average molecular weight is 366 g/mol. The molecule has 2 aromatic carbocycles. The molecule has 1 aliphatic rings. The van der Waals surface area contributed by atoms with E-state index in [1.165, 1.54) is 0 Å². The molecule has 0 spiro atoms. The third-order valence-corrected chi connectivity index (χ3v) is 5.39. The number of aromatic nitrogens is 1. The minimum atomic E-state index is -0.273. The second-order valence-electron chi connectivity index (χ2n) is 6.15. The molecule has 0 atom stereocenters. The van der Waals surface area contributed by atoms with E-state index in [0.717, 1.165) is 38.6 Å². The lowest BCUT2D eigenvalue weighted by molar-refractivity contribution is -0.116. The Bertz CT molecular complexity index is 965. The normalized spacial score (nSPS) is 12.9. The first-order chi connectivity index (χ1) is 12.6. The molecular formula is C19H18N4O2S. The number of carbonyl (C=O) groups is 2. The number of amides is 3. The van der Waals surface area contributed by atoms with Crippen LogP contribution in [0.1, 0.15) is 17.5 Å². The number of nitrogens with zero attached hydrogens (tertiary/aromatic N) is 2. The molecule has 6 nitrogen and oxygen atoms in total. The lowest BCUT2D eigenvalue weighted by Crippen LogP contribution is -2.28. The quantitative estimate of drug-likeness (QED) is 0.745. The first-order valence-corrected chi connectivity index (χ1v) is 9.22. The lowest BCUT2D eigenvalue weighted by Gasteiger charge is -2.15. The van der Waals surface area contributed by atoms with Crippen molar-refractivity contribution >= 4 is 44.9 Å². The number of anilines is 2. The Labute approximate surface area is 154 Å². The lowest BCUT2D eigenvalue weighted by atomic mass is 10.1. The van der Waals surface area contributed by atoms with Crippen molar-refractivity contribution in [1.82, 2.24) is 10.3 Å². The molecule has 0 bridgehead atoms. The van der Waals surface area contributed by atoms with Crippen LogP contribution in [-0.2, 0) is 17.8 Å². The molecule has 1 aliphatic heterocycles. The fourth-order valence-corrected chi connectivity index (χ4v) is 4.04. The Morgan fingerprint density at radius 3 is 2.88 bits per heavy atom. The number of hydrogen-bond donors (Lipinski definition) is 2. The smallest absolute Gasteiger partial charge is 0.319 e. The molecule has 3 aromatic rings. The van der Waals surface area contributed by atoms with Crippen molar-refractivity contribution in [2.45, 2.75) is 19.9 Å². The number of rotatable bonds is 3. The summed E-state index contributed by atoms with van der Waals surface area (Å²) in [7, 11) is 0. The summed E-state index contributed by atoms with van der Waals surface area (Å²) in [6.07, 6.45) is 0.803. The maximum Gasteiger partial charge on any atom is 0.319 e. The summed E-state index contributed by atoms with van der Waals surface area (Å²) >= 11 is 1.57. The Balaban J connectivity index is 1.38. The number of para-hydroxylation sites is 1. The van der Waals surface area contributed by atoms with Crippen LogP contribution in [0.4, 0.5) is 16.2 Å². The van der Waals surface area contributed by atoms with Gasteiger partial charge in [-0.2, -0.15) is 0 Å². The van der Waals surface area contributed by atoms with Crippen LogP contribution in [0.2, 0.25) is 0 Å². The maximum atomic E-state index is 12.2. The fraction of sp³-hybridized carbons (Fsp3) is 0.211. The van der Waals surface area contributed by atoms with Gasteiger partial charge in [-0.05, 0) is 42.3 Å². The summed E-state index contributed by atoms with van der Waals surface area (Å²) in [5.41, 5.74) is 3.67. The molecule has 0 saturated carbocycles. The number of thiazole rings is 1. The first-order valence-electron chi connectivity index (χ1n) is 8.40. The Morgan fingerprint density at radius 1 is 1.23 bits per heavy atom. The maximum absolute atomic E-state index is 12.2. The zero-order chi connectivity index (χ0) is 18.1. The minimum Gasteiger partial charge on any atom is -0.331 e. The van der Waals surface area contributed by atoms with Crippen molar-refractivity contribution in [1.29, 1.82) is 0 Å². The van der Waals surface area contributed by atoms with Crippen LogP contribution in [0.25, 0.3) is 10.2 Å². The summed E-state index contributed by atoms with van der Waals surface area (Å²) in [5, 5.41) is 6.55. The predicted molar refractivity (Wildman–Crippen MR) is 104 cm³/mol. The fourth-order valence-electron chi connectivity index (χ4n) is 3.13. The molecule has 0 saturated heterocycles. The van der Waals surface area contributed by atoms with Crippen LogP contribution < -0.4 is 15.5 Å². The minimum absolute atomic E-state index is 0.0398. The van der Waals surface area contributed by atoms with Crippen molar-refractivity contribution in [3.63, 3.8) is 0 Å². The molecule has 1 aromatic heterocycles. The van der Waals surface area contributed by atoms with Crippen molar-refractivity contribution < 1.29 is 9.59 Å². The topological polar surface area (TPSA) is 74.3 Å². The van der Waals surface area contributed by atoms with Crippen molar-refractivity contribution in [3.8, 4) is 0 Å². The van der Waals surface area contributed by atoms with Gasteiger partial charge in [-0.25, -0.2) is 9.78 Å². The summed E-state index contributed by atoms with van der Waals surface area (Å²) < 4.78 is 1.11. The van der Waals surface area contributed by atoms with Gasteiger partial charge in [-0.1, -0.05) is 12.1 Å². The van der Waals surface area contributed by atoms with Crippen LogP contribution in [0.15, 0.2) is 42.5 Å². The molecule has 0 radical (unpaired) electrons. The first kappa shape index (κ1) is 16.5. The predicted octanol–water partition coefficient (Wildman–Crippen LogP) is 3.53. The summed E-state index contributed by atoms with van der Waals surface area (Å²) in [6.45, 7) is 2.64. The van der Waals surface area contributed by atoms with Crippen LogP contribution in [0.5, 0.6) is 0 Å². The van der Waals surface area contributed by atoms with Gasteiger partial charge in [0.2, 0.25) is 5.91 Å². The van der Waals surface area contributed by atoms with Gasteiger partial charge in [-0.3, -0.25) is 4.79 Å². The summed E-state index contributed by atoms with van der Waals surface area (Å²) in [6, 6.07) is 13.3. The second kappa shape index (κ2) is 6.76. The van der Waals surface area contributed by atoms with Crippen molar-refractivity contribution in [3.05, 3.63) is 53.0 Å². The van der Waals surface area contributed by atoms with Gasteiger partial charge in [0, 0.05) is 24.8 Å². The Morgan fingerprint density at radius 2 is 2.08 bits per heavy atom. The standard InChI is InChI=1S/C19H18N4O2S/c1-12(24)23-9-8-13-10-14(6-7-16(13)23)21-19(25)20-11-18-22-15-4-2-3-5-17(15)26-18/h2-7,10H,8-9,11H2,1H3,(H2,20,21,25). The van der Waals surface area contributed by atoms with Gasteiger partial charge in [-0.15, -0.1) is 11.3 Å². The average Bonchev–Trinajstić information content (AvgIpc) is 3.23. The number of fused-ring (bicyclic) bond motifs is 2. The third kappa shape index (κ3) is 3.25. The zero-order valence-electron chi connectivity index (χ0n) is 14.3. The van der Waals surface area contributed by atoms with Gasteiger partial charge >= 0.3 is 6.03 Å². The van der Waals surface area contributed by atoms with Crippen LogP contribution in [0, 0.1) is 0 Å². The third-order valence-electron chi connectivity index (χ3n) is 4.35. The number of hydrogen-bond acceptors (Lipinski definition) is 4. The molecule has 0 unspecified atom stereocenters. The molecule has 0 fully saturated rings. The number of urea groups is 1. The molecule has 132 valence electrons. The molecule has 0 aliphatic carbocycles. The largest absolute Gasteiger partial charge is 0.331 e. The molecule has 26 heavy (non-hydrogen) atoms. The second-order valence-corrected chi connectivity index (χ2v) is 7.26. The molecule has 4 rings (SSSR count). The molecule has 3 amide bonds. The molecule has 2 heterocycles. The zero-order valence-corrected chi connectivity index (χ0v) is 15.1. The van der Waals surface area contributed by atoms with Gasteiger partial charge in [0.05, 0.1) is 16.8 Å². The van der Waals surface area contributed by atoms with E-state index in [1.807, 2.05) is 42.5 Å². The Hall–Kier alpha value is -2.93. The van der Waals surface area contributed by atoms with Crippen LogP contribution >= 0.6 is 11.3 Å². The van der Waals surface area contributed by atoms with E-state index in [4.69, 9.17) is 0 Å². The van der Waals surface area contributed by atoms with Crippen molar-refractivity contribution in [2.24, 2.45) is 0 Å². The molecular weight excluding hydrogens is 348 g/mol. The van der Waals surface area contributed by atoms with E-state index < -0.39 is 0 Å². The van der Waals surface area contributed by atoms with E-state index in [2.05, 4.69) is 15.6 Å². The van der Waals surface area contributed by atoms with Crippen LogP contribution in [-0.4, -0.2) is 23.5 Å². The van der Waals surface area contributed by atoms with Gasteiger partial charge < -0.3 is 15.5 Å². The van der Waals surface area contributed by atoms with Crippen molar-refractivity contribution in [2.75, 3.05) is 16.8 Å². The van der Waals surface area contributed by atoms with E-state index in [9.17, 15) is 9.59 Å². The van der Waals surface area contributed by atoms with E-state index in [1.54, 1.807) is 23.2 Å². The summed E-state index contributed by atoms with van der Waals surface area (Å²) in [4.78, 5) is 30.0. The Kier molecular flexibility index (Phi) is 4.30. The van der Waals surface area contributed by atoms with Crippen LogP contribution in [0.3, 0.4) is 0 Å².